The number of aliphatic hydroxyl groups is 3. The van der Waals surface area contributed by atoms with Gasteiger partial charge in [-0.1, -0.05) is 0 Å². The van der Waals surface area contributed by atoms with Crippen LogP contribution in [-0.4, -0.2) is 50.6 Å². The van der Waals surface area contributed by atoms with Crippen LogP contribution in [-0.2, 0) is 0 Å². The van der Waals surface area contributed by atoms with Crippen molar-refractivity contribution in [3.8, 4) is 0 Å². The fraction of sp³-hybridized carbons (Fsp3) is 0.444. The molecule has 4 N–H and O–H groups in total. The van der Waals surface area contributed by atoms with Crippen LogP contribution in [0.15, 0.2) is 18.3 Å². The van der Waals surface area contributed by atoms with Crippen molar-refractivity contribution in [3.63, 3.8) is 0 Å². The maximum absolute atomic E-state index is 10.5. The molecule has 94 valence electrons. The van der Waals surface area contributed by atoms with E-state index in [1.54, 1.807) is 0 Å². The normalized spacial score (nSPS) is 11.2. The molecule has 0 radical (unpaired) electrons. The fourth-order valence-corrected chi connectivity index (χ4v) is 1.14. The molecule has 0 saturated carbocycles. The molecule has 0 aliphatic carbocycles. The molecule has 0 aromatic carbocycles. The highest BCUT2D eigenvalue weighted by molar-refractivity contribution is 5.46. The number of hydrogen-bond acceptors (Lipinski definition) is 7. The monoisotopic (exact) mass is 243 g/mol. The molecule has 0 fully saturated rings. The Morgan fingerprint density at radius 2 is 1.94 bits per heavy atom. The van der Waals surface area contributed by atoms with Gasteiger partial charge in [0.25, 0.3) is 5.69 Å². The molecule has 17 heavy (non-hydrogen) atoms. The second kappa shape index (κ2) is 5.53. The summed E-state index contributed by atoms with van der Waals surface area (Å²) in [6.45, 7) is -1.61. The highest BCUT2D eigenvalue weighted by atomic mass is 16.6. The van der Waals surface area contributed by atoms with Crippen molar-refractivity contribution in [2.45, 2.75) is 5.54 Å². The molecule has 0 aliphatic heterocycles. The van der Waals surface area contributed by atoms with Crippen LogP contribution in [0.2, 0.25) is 0 Å². The zero-order valence-electron chi connectivity index (χ0n) is 8.91. The molecule has 0 atom stereocenters. The van der Waals surface area contributed by atoms with E-state index in [1.165, 1.54) is 12.3 Å². The quantitative estimate of drug-likeness (QED) is 0.377. The van der Waals surface area contributed by atoms with E-state index in [1.807, 2.05) is 0 Å². The van der Waals surface area contributed by atoms with Gasteiger partial charge < -0.3 is 20.6 Å². The Hall–Kier alpha value is -1.77. The topological polar surface area (TPSA) is 129 Å². The van der Waals surface area contributed by atoms with E-state index in [-0.39, 0.29) is 11.5 Å². The summed E-state index contributed by atoms with van der Waals surface area (Å²) in [7, 11) is 0. The molecule has 8 heteroatoms. The van der Waals surface area contributed by atoms with Crippen molar-refractivity contribution < 1.29 is 20.2 Å². The average Bonchev–Trinajstić information content (AvgIpc) is 2.36. The lowest BCUT2D eigenvalue weighted by atomic mass is 10.0. The van der Waals surface area contributed by atoms with Crippen molar-refractivity contribution in [2.75, 3.05) is 25.1 Å². The van der Waals surface area contributed by atoms with E-state index in [4.69, 9.17) is 15.3 Å². The van der Waals surface area contributed by atoms with Gasteiger partial charge in [-0.2, -0.15) is 0 Å². The number of anilines is 1. The first-order valence-electron chi connectivity index (χ1n) is 4.78. The van der Waals surface area contributed by atoms with Crippen molar-refractivity contribution in [3.05, 3.63) is 28.4 Å². The van der Waals surface area contributed by atoms with Crippen molar-refractivity contribution >= 4 is 11.5 Å². The van der Waals surface area contributed by atoms with E-state index in [2.05, 4.69) is 10.3 Å². The predicted octanol–water partition coefficient (Wildman–Crippen LogP) is -0.883. The summed E-state index contributed by atoms with van der Waals surface area (Å²) in [6, 6.07) is 2.36. The Morgan fingerprint density at radius 1 is 1.35 bits per heavy atom. The van der Waals surface area contributed by atoms with E-state index < -0.39 is 30.3 Å². The second-order valence-electron chi connectivity index (χ2n) is 3.54. The van der Waals surface area contributed by atoms with Crippen molar-refractivity contribution in [1.82, 2.24) is 4.98 Å². The van der Waals surface area contributed by atoms with Gasteiger partial charge in [0.2, 0.25) is 0 Å². The van der Waals surface area contributed by atoms with Crippen molar-refractivity contribution in [1.29, 1.82) is 0 Å². The number of rotatable bonds is 6. The molecule has 8 nitrogen and oxygen atoms in total. The molecule has 0 unspecified atom stereocenters. The smallest absolute Gasteiger partial charge is 0.274 e. The summed E-state index contributed by atoms with van der Waals surface area (Å²) in [4.78, 5) is 13.7. The third kappa shape index (κ3) is 3.09. The molecule has 1 aromatic heterocycles. The number of aromatic nitrogens is 1. The van der Waals surface area contributed by atoms with Gasteiger partial charge in [0.05, 0.1) is 30.8 Å². The maximum Gasteiger partial charge on any atom is 0.274 e. The molecule has 1 rings (SSSR count). The van der Waals surface area contributed by atoms with Gasteiger partial charge in [0.15, 0.2) is 0 Å². The Kier molecular flexibility index (Phi) is 4.32. The van der Waals surface area contributed by atoms with Crippen molar-refractivity contribution in [2.24, 2.45) is 0 Å². The minimum Gasteiger partial charge on any atom is -0.394 e. The van der Waals surface area contributed by atoms with Gasteiger partial charge >= 0.3 is 0 Å². The Bertz CT molecular complexity index is 386. The molecular formula is C9H13N3O5. The van der Waals surface area contributed by atoms with Gasteiger partial charge in [-0.25, -0.2) is 4.98 Å². The van der Waals surface area contributed by atoms with Crippen LogP contribution in [0.25, 0.3) is 0 Å². The van der Waals surface area contributed by atoms with Crippen LogP contribution < -0.4 is 5.32 Å². The third-order valence-corrected chi connectivity index (χ3v) is 2.26. The van der Waals surface area contributed by atoms with Crippen LogP contribution in [0, 0.1) is 10.1 Å². The molecular weight excluding hydrogens is 230 g/mol. The van der Waals surface area contributed by atoms with E-state index in [0.29, 0.717) is 0 Å². The molecule has 0 saturated heterocycles. The largest absolute Gasteiger partial charge is 0.394 e. The highest BCUT2D eigenvalue weighted by Gasteiger charge is 2.28. The van der Waals surface area contributed by atoms with Crippen LogP contribution in [0.4, 0.5) is 11.5 Å². The summed E-state index contributed by atoms with van der Waals surface area (Å²) < 4.78 is 0. The summed E-state index contributed by atoms with van der Waals surface area (Å²) >= 11 is 0. The first kappa shape index (κ1) is 13.3. The van der Waals surface area contributed by atoms with Gasteiger partial charge in [0.1, 0.15) is 11.4 Å². The highest BCUT2D eigenvalue weighted by Crippen LogP contribution is 2.18. The molecule has 0 amide bonds. The van der Waals surface area contributed by atoms with E-state index in [0.717, 1.165) is 6.07 Å². The van der Waals surface area contributed by atoms with Crippen LogP contribution in [0.1, 0.15) is 0 Å². The van der Waals surface area contributed by atoms with Crippen LogP contribution in [0.3, 0.4) is 0 Å². The van der Waals surface area contributed by atoms with Gasteiger partial charge in [-0.3, -0.25) is 10.1 Å². The van der Waals surface area contributed by atoms with E-state index in [9.17, 15) is 10.1 Å². The Balaban J connectivity index is 2.93. The van der Waals surface area contributed by atoms with Gasteiger partial charge in [0, 0.05) is 12.3 Å². The summed E-state index contributed by atoms with van der Waals surface area (Å²) in [5.74, 6) is 0.0938. The molecule has 0 aliphatic rings. The van der Waals surface area contributed by atoms with Gasteiger partial charge in [-0.05, 0) is 0 Å². The number of nitrogens with one attached hydrogen (secondary N) is 1. The average molecular weight is 243 g/mol. The molecule has 1 aromatic rings. The van der Waals surface area contributed by atoms with Gasteiger partial charge in [-0.15, -0.1) is 0 Å². The minimum atomic E-state index is -1.36. The first-order chi connectivity index (χ1) is 8.06. The summed E-state index contributed by atoms with van der Waals surface area (Å²) in [6.07, 6.45) is 1.22. The zero-order valence-corrected chi connectivity index (χ0v) is 8.91. The number of hydrogen-bond donors (Lipinski definition) is 4. The number of nitrogens with zero attached hydrogens (tertiary/aromatic N) is 2. The lowest BCUT2D eigenvalue weighted by Crippen LogP contribution is -2.49. The fourth-order valence-electron chi connectivity index (χ4n) is 1.14. The third-order valence-electron chi connectivity index (χ3n) is 2.26. The number of nitro groups is 1. The summed E-state index contributed by atoms with van der Waals surface area (Å²) in [5, 5.41) is 40.3. The molecule has 0 spiro atoms. The molecule has 0 bridgehead atoms. The van der Waals surface area contributed by atoms with Crippen LogP contribution >= 0.6 is 0 Å². The lowest BCUT2D eigenvalue weighted by Gasteiger charge is -2.29. The zero-order chi connectivity index (χ0) is 12.9. The minimum absolute atomic E-state index is 0.0938. The maximum atomic E-state index is 10.5. The molecule has 1 heterocycles. The SMILES string of the molecule is O=[N+]([O-])c1ccnc(NC(CO)(CO)CO)c1. The lowest BCUT2D eigenvalue weighted by molar-refractivity contribution is -0.384. The second-order valence-corrected chi connectivity index (χ2v) is 3.54. The number of pyridine rings is 1. The Labute approximate surface area is 96.7 Å². The van der Waals surface area contributed by atoms with E-state index >= 15 is 0 Å². The Morgan fingerprint density at radius 3 is 2.41 bits per heavy atom. The number of aliphatic hydroxyl groups excluding tert-OH is 3. The predicted molar refractivity (Wildman–Crippen MR) is 58.5 cm³/mol. The first-order valence-corrected chi connectivity index (χ1v) is 4.78. The van der Waals surface area contributed by atoms with Crippen LogP contribution in [0.5, 0.6) is 0 Å². The standard InChI is InChI=1S/C9H13N3O5/c13-4-9(5-14,6-15)11-8-3-7(12(16)17)1-2-10-8/h1-3,13-15H,4-6H2,(H,10,11). The summed E-state index contributed by atoms with van der Waals surface area (Å²) in [5.41, 5.74) is -1.53.